The number of nitro groups is 1. The van der Waals surface area contributed by atoms with Crippen LogP contribution in [0.25, 0.3) is 11.1 Å². The third-order valence-corrected chi connectivity index (χ3v) is 4.72. The summed E-state index contributed by atoms with van der Waals surface area (Å²) in [4.78, 5) is 11.1. The minimum Gasteiger partial charge on any atom is -0.453 e. The largest absolute Gasteiger partial charge is 0.453 e. The Hall–Kier alpha value is -3.13. The van der Waals surface area contributed by atoms with E-state index < -0.39 is 27.4 Å². The highest BCUT2D eigenvalue weighted by molar-refractivity contribution is 7.84. The van der Waals surface area contributed by atoms with Gasteiger partial charge in [-0.15, -0.1) is 0 Å². The van der Waals surface area contributed by atoms with Gasteiger partial charge in [0.2, 0.25) is 0 Å². The van der Waals surface area contributed by atoms with Crippen molar-refractivity contribution in [1.82, 2.24) is 0 Å². The zero-order chi connectivity index (χ0) is 19.6. The fourth-order valence-electron chi connectivity index (χ4n) is 2.45. The number of nitrogens with zero attached hydrogens (tertiary/aromatic N) is 1. The van der Waals surface area contributed by atoms with Crippen molar-refractivity contribution in [2.24, 2.45) is 0 Å². The van der Waals surface area contributed by atoms with E-state index >= 15 is 0 Å². The molecular formula is C19H13F2NO4S. The topological polar surface area (TPSA) is 69.4 Å². The van der Waals surface area contributed by atoms with Crippen LogP contribution in [0.5, 0.6) is 11.5 Å². The molecule has 0 fully saturated rings. The summed E-state index contributed by atoms with van der Waals surface area (Å²) in [5.74, 6) is -1.91. The Bertz CT molecular complexity index is 1040. The standard InChI is InChI=1S/C19H13F2NO4S/c1-27(25)15-6-2-12(3-7-15)16-8-5-14(22(23)24)11-19(16)26-18-9-4-13(20)10-17(18)21/h2-11H,1H3/t27-/m1/s1. The Morgan fingerprint density at radius 2 is 1.67 bits per heavy atom. The van der Waals surface area contributed by atoms with Crippen LogP contribution < -0.4 is 4.74 Å². The number of rotatable bonds is 5. The molecule has 0 radical (unpaired) electrons. The first kappa shape index (κ1) is 18.7. The second-order valence-electron chi connectivity index (χ2n) is 5.59. The monoisotopic (exact) mass is 389 g/mol. The predicted octanol–water partition coefficient (Wildman–Crippen LogP) is 5.07. The number of halogens is 2. The second-order valence-corrected chi connectivity index (χ2v) is 6.97. The molecule has 0 amide bonds. The van der Waals surface area contributed by atoms with Crippen LogP contribution in [0.4, 0.5) is 14.5 Å². The highest BCUT2D eigenvalue weighted by Gasteiger charge is 2.16. The highest BCUT2D eigenvalue weighted by atomic mass is 32.2. The summed E-state index contributed by atoms with van der Waals surface area (Å²) in [7, 11) is -1.15. The third-order valence-electron chi connectivity index (χ3n) is 3.79. The van der Waals surface area contributed by atoms with Gasteiger partial charge in [-0.05, 0) is 35.9 Å². The van der Waals surface area contributed by atoms with E-state index in [1.807, 2.05) is 0 Å². The summed E-state index contributed by atoms with van der Waals surface area (Å²) in [6.45, 7) is 0. The average Bonchev–Trinajstić information content (AvgIpc) is 2.64. The maximum Gasteiger partial charge on any atom is 0.273 e. The Morgan fingerprint density at radius 1 is 0.963 bits per heavy atom. The molecule has 0 heterocycles. The van der Waals surface area contributed by atoms with Crippen LogP contribution in [0.1, 0.15) is 0 Å². The van der Waals surface area contributed by atoms with E-state index in [0.29, 0.717) is 22.1 Å². The number of non-ortho nitro benzene ring substituents is 1. The molecule has 0 spiro atoms. The van der Waals surface area contributed by atoms with Gasteiger partial charge >= 0.3 is 0 Å². The van der Waals surface area contributed by atoms with Crippen molar-refractivity contribution < 1.29 is 22.6 Å². The van der Waals surface area contributed by atoms with E-state index in [9.17, 15) is 23.1 Å². The molecule has 138 valence electrons. The normalized spacial score (nSPS) is 11.8. The lowest BCUT2D eigenvalue weighted by Gasteiger charge is -2.12. The van der Waals surface area contributed by atoms with Crippen LogP contribution in [0, 0.1) is 21.7 Å². The second kappa shape index (κ2) is 7.63. The summed E-state index contributed by atoms with van der Waals surface area (Å²) in [5, 5.41) is 11.1. The molecule has 3 aromatic carbocycles. The molecule has 8 heteroatoms. The Labute approximate surface area is 155 Å². The van der Waals surface area contributed by atoms with Gasteiger partial charge < -0.3 is 4.74 Å². The van der Waals surface area contributed by atoms with Crippen molar-refractivity contribution in [3.63, 3.8) is 0 Å². The Morgan fingerprint density at radius 3 is 2.26 bits per heavy atom. The van der Waals surface area contributed by atoms with Crippen molar-refractivity contribution in [3.8, 4) is 22.6 Å². The quantitative estimate of drug-likeness (QED) is 0.451. The first-order chi connectivity index (χ1) is 12.8. The Balaban J connectivity index is 2.07. The van der Waals surface area contributed by atoms with Crippen LogP contribution in [-0.2, 0) is 10.8 Å². The van der Waals surface area contributed by atoms with Gasteiger partial charge in [-0.3, -0.25) is 14.3 Å². The molecule has 0 N–H and O–H groups in total. The maximum atomic E-state index is 13.9. The van der Waals surface area contributed by atoms with Gasteiger partial charge in [0.05, 0.1) is 11.0 Å². The first-order valence-corrected chi connectivity index (χ1v) is 9.26. The molecule has 27 heavy (non-hydrogen) atoms. The molecule has 5 nitrogen and oxygen atoms in total. The van der Waals surface area contributed by atoms with E-state index in [0.717, 1.165) is 12.1 Å². The number of nitro benzene ring substituents is 1. The van der Waals surface area contributed by atoms with Crippen molar-refractivity contribution in [2.45, 2.75) is 4.90 Å². The lowest BCUT2D eigenvalue weighted by Crippen LogP contribution is -1.95. The van der Waals surface area contributed by atoms with Crippen LogP contribution in [0.2, 0.25) is 0 Å². The lowest BCUT2D eigenvalue weighted by atomic mass is 10.0. The molecule has 0 saturated heterocycles. The number of hydrogen-bond donors (Lipinski definition) is 0. The molecule has 0 aliphatic carbocycles. The molecule has 1 atom stereocenters. The molecule has 0 bridgehead atoms. The van der Waals surface area contributed by atoms with E-state index in [2.05, 4.69) is 0 Å². The molecular weight excluding hydrogens is 376 g/mol. The van der Waals surface area contributed by atoms with Crippen LogP contribution in [0.3, 0.4) is 0 Å². The summed E-state index contributed by atoms with van der Waals surface area (Å²) in [5.41, 5.74) is 0.872. The van der Waals surface area contributed by atoms with Gasteiger partial charge in [0.25, 0.3) is 5.69 Å². The zero-order valence-electron chi connectivity index (χ0n) is 14.0. The van der Waals surface area contributed by atoms with Gasteiger partial charge in [0, 0.05) is 39.6 Å². The number of benzene rings is 3. The minimum absolute atomic E-state index is 0.0417. The van der Waals surface area contributed by atoms with E-state index in [4.69, 9.17) is 4.74 Å². The molecule has 3 rings (SSSR count). The average molecular weight is 389 g/mol. The van der Waals surface area contributed by atoms with Crippen molar-refractivity contribution in [2.75, 3.05) is 6.26 Å². The molecule has 3 aromatic rings. The van der Waals surface area contributed by atoms with E-state index in [1.165, 1.54) is 18.2 Å². The minimum atomic E-state index is -1.15. The van der Waals surface area contributed by atoms with Gasteiger partial charge in [0.15, 0.2) is 11.6 Å². The number of hydrogen-bond acceptors (Lipinski definition) is 4. The van der Waals surface area contributed by atoms with E-state index in [-0.39, 0.29) is 17.2 Å². The predicted molar refractivity (Wildman–Crippen MR) is 97.3 cm³/mol. The third kappa shape index (κ3) is 4.17. The van der Waals surface area contributed by atoms with E-state index in [1.54, 1.807) is 30.5 Å². The lowest BCUT2D eigenvalue weighted by molar-refractivity contribution is -0.384. The zero-order valence-corrected chi connectivity index (χ0v) is 14.8. The van der Waals surface area contributed by atoms with Gasteiger partial charge in [-0.1, -0.05) is 12.1 Å². The molecule has 0 saturated carbocycles. The fraction of sp³-hybridized carbons (Fsp3) is 0.0526. The summed E-state index contributed by atoms with van der Waals surface area (Å²) in [6.07, 6.45) is 1.55. The molecule has 0 aromatic heterocycles. The molecule has 0 unspecified atom stereocenters. The maximum absolute atomic E-state index is 13.9. The van der Waals surface area contributed by atoms with Crippen LogP contribution in [0.15, 0.2) is 65.6 Å². The summed E-state index contributed by atoms with van der Waals surface area (Å²) in [6, 6.07) is 13.4. The fourth-order valence-corrected chi connectivity index (χ4v) is 2.97. The van der Waals surface area contributed by atoms with Gasteiger partial charge in [-0.25, -0.2) is 8.78 Å². The summed E-state index contributed by atoms with van der Waals surface area (Å²) < 4.78 is 44.1. The van der Waals surface area contributed by atoms with Crippen LogP contribution in [-0.4, -0.2) is 15.4 Å². The molecule has 0 aliphatic rings. The van der Waals surface area contributed by atoms with Crippen molar-refractivity contribution in [3.05, 3.63) is 82.4 Å². The molecule has 0 aliphatic heterocycles. The highest BCUT2D eigenvalue weighted by Crippen LogP contribution is 2.37. The SMILES string of the molecule is C[S@@](=O)c1ccc(-c2ccc([N+](=O)[O-])cc2Oc2ccc(F)cc2F)cc1. The Kier molecular flexibility index (Phi) is 5.27. The van der Waals surface area contributed by atoms with Gasteiger partial charge in [0.1, 0.15) is 11.6 Å². The number of ether oxygens (including phenoxy) is 1. The van der Waals surface area contributed by atoms with Crippen molar-refractivity contribution in [1.29, 1.82) is 0 Å². The summed E-state index contributed by atoms with van der Waals surface area (Å²) >= 11 is 0. The van der Waals surface area contributed by atoms with Crippen LogP contribution >= 0.6 is 0 Å². The van der Waals surface area contributed by atoms with Gasteiger partial charge in [-0.2, -0.15) is 0 Å². The smallest absolute Gasteiger partial charge is 0.273 e. The first-order valence-electron chi connectivity index (χ1n) is 7.70. The van der Waals surface area contributed by atoms with Crippen molar-refractivity contribution >= 4 is 16.5 Å².